The third-order valence-corrected chi connectivity index (χ3v) is 5.30. The van der Waals surface area contributed by atoms with Crippen LogP contribution in [0.3, 0.4) is 0 Å². The van der Waals surface area contributed by atoms with Gasteiger partial charge in [-0.15, -0.1) is 0 Å². The molecule has 154 valence electrons. The highest BCUT2D eigenvalue weighted by atomic mass is 35.5. The number of hydrogen-bond acceptors (Lipinski definition) is 6. The Morgan fingerprint density at radius 2 is 1.97 bits per heavy atom. The van der Waals surface area contributed by atoms with Crippen molar-refractivity contribution in [1.29, 1.82) is 0 Å². The Hall–Kier alpha value is -2.58. The maximum atomic E-state index is 12.7. The van der Waals surface area contributed by atoms with Crippen molar-refractivity contribution in [2.24, 2.45) is 5.92 Å². The number of rotatable bonds is 5. The number of benzene rings is 1. The molecule has 0 bridgehead atoms. The Bertz CT molecular complexity index is 952. The first-order chi connectivity index (χ1) is 13.7. The van der Waals surface area contributed by atoms with Crippen molar-refractivity contribution in [3.8, 4) is 11.3 Å². The van der Waals surface area contributed by atoms with Crippen LogP contribution in [0.15, 0.2) is 22.7 Å². The van der Waals surface area contributed by atoms with Gasteiger partial charge in [0.15, 0.2) is 5.56 Å². The summed E-state index contributed by atoms with van der Waals surface area (Å²) in [7, 11) is 1.19. The number of halogens is 2. The number of methoxy groups -OCH3 is 1. The van der Waals surface area contributed by atoms with Crippen molar-refractivity contribution in [2.45, 2.75) is 26.3 Å². The van der Waals surface area contributed by atoms with Crippen LogP contribution in [0.2, 0.25) is 10.0 Å². The van der Waals surface area contributed by atoms with Crippen molar-refractivity contribution in [3.05, 3.63) is 33.8 Å². The number of esters is 1. The number of aromatic nitrogens is 1. The van der Waals surface area contributed by atoms with E-state index in [1.54, 1.807) is 23.1 Å². The van der Waals surface area contributed by atoms with Crippen LogP contribution in [-0.4, -0.2) is 47.5 Å². The standard InChI is InChI=1S/C19H19Cl2N3O5/c1-9(2)24-8-10(7-13(24)25)17(26)22-18-15(19(27)28-3)16(23-29-18)14-11(20)5-4-6-12(14)21/h4-6,9-10H,7-8H2,1-3H3,(H,22,26). The van der Waals surface area contributed by atoms with Crippen LogP contribution in [-0.2, 0) is 14.3 Å². The summed E-state index contributed by atoms with van der Waals surface area (Å²) in [6.07, 6.45) is 0.0783. The van der Waals surface area contributed by atoms with Crippen LogP contribution >= 0.6 is 23.2 Å². The number of anilines is 1. The molecular formula is C19H19Cl2N3O5. The van der Waals surface area contributed by atoms with Crippen LogP contribution in [0, 0.1) is 5.92 Å². The topological polar surface area (TPSA) is 102 Å². The zero-order valence-electron chi connectivity index (χ0n) is 16.0. The molecule has 0 radical (unpaired) electrons. The fourth-order valence-corrected chi connectivity index (χ4v) is 3.76. The van der Waals surface area contributed by atoms with E-state index in [1.165, 1.54) is 7.11 Å². The molecule has 0 saturated carbocycles. The fraction of sp³-hybridized carbons (Fsp3) is 0.368. The van der Waals surface area contributed by atoms with Gasteiger partial charge in [-0.3, -0.25) is 14.9 Å². The molecule has 1 aliphatic heterocycles. The molecule has 1 N–H and O–H groups in total. The summed E-state index contributed by atoms with van der Waals surface area (Å²) >= 11 is 12.4. The lowest BCUT2D eigenvalue weighted by Gasteiger charge is -2.20. The Morgan fingerprint density at radius 3 is 2.52 bits per heavy atom. The fourth-order valence-electron chi connectivity index (χ4n) is 3.18. The van der Waals surface area contributed by atoms with E-state index in [0.29, 0.717) is 0 Å². The van der Waals surface area contributed by atoms with Gasteiger partial charge in [-0.2, -0.15) is 0 Å². The number of likely N-dealkylation sites (tertiary alicyclic amines) is 1. The first kappa shape index (κ1) is 21.1. The molecule has 1 aromatic carbocycles. The van der Waals surface area contributed by atoms with E-state index in [2.05, 4.69) is 10.5 Å². The third-order valence-electron chi connectivity index (χ3n) is 4.67. The number of ether oxygens (including phenoxy) is 1. The van der Waals surface area contributed by atoms with Gasteiger partial charge in [-0.1, -0.05) is 34.4 Å². The van der Waals surface area contributed by atoms with Gasteiger partial charge >= 0.3 is 5.97 Å². The van der Waals surface area contributed by atoms with E-state index >= 15 is 0 Å². The number of hydrogen-bond donors (Lipinski definition) is 1. The van der Waals surface area contributed by atoms with Crippen molar-refractivity contribution in [3.63, 3.8) is 0 Å². The molecule has 1 aromatic heterocycles. The second-order valence-electron chi connectivity index (χ2n) is 6.85. The van der Waals surface area contributed by atoms with Crippen molar-refractivity contribution >= 4 is 46.9 Å². The lowest BCUT2D eigenvalue weighted by atomic mass is 10.1. The van der Waals surface area contributed by atoms with Gasteiger partial charge in [0.2, 0.25) is 17.7 Å². The van der Waals surface area contributed by atoms with E-state index < -0.39 is 17.8 Å². The SMILES string of the molecule is COC(=O)c1c(-c2c(Cl)cccc2Cl)noc1NC(=O)C1CC(=O)N(C(C)C)C1. The summed E-state index contributed by atoms with van der Waals surface area (Å²) in [5, 5.41) is 6.93. The van der Waals surface area contributed by atoms with Gasteiger partial charge in [-0.05, 0) is 26.0 Å². The second kappa shape index (κ2) is 8.42. The number of amides is 2. The van der Waals surface area contributed by atoms with Gasteiger partial charge in [0, 0.05) is 24.6 Å². The number of nitrogens with zero attached hydrogens (tertiary/aromatic N) is 2. The number of carbonyl (C=O) groups is 3. The molecule has 1 unspecified atom stereocenters. The molecule has 1 aliphatic rings. The molecular weight excluding hydrogens is 421 g/mol. The minimum atomic E-state index is -0.779. The van der Waals surface area contributed by atoms with E-state index in [0.717, 1.165) is 0 Å². The zero-order valence-corrected chi connectivity index (χ0v) is 17.5. The molecule has 0 spiro atoms. The predicted molar refractivity (Wildman–Crippen MR) is 107 cm³/mol. The van der Waals surface area contributed by atoms with Gasteiger partial charge in [0.25, 0.3) is 0 Å². The molecule has 1 atom stereocenters. The van der Waals surface area contributed by atoms with Gasteiger partial charge in [0.1, 0.15) is 5.69 Å². The summed E-state index contributed by atoms with van der Waals surface area (Å²) in [5.41, 5.74) is 0.220. The quantitative estimate of drug-likeness (QED) is 0.713. The molecule has 3 rings (SSSR count). The molecule has 1 fully saturated rings. The Balaban J connectivity index is 1.93. The van der Waals surface area contributed by atoms with Gasteiger partial charge in [-0.25, -0.2) is 4.79 Å². The second-order valence-corrected chi connectivity index (χ2v) is 7.67. The highest BCUT2D eigenvalue weighted by Crippen LogP contribution is 2.38. The van der Waals surface area contributed by atoms with Crippen LogP contribution in [0.4, 0.5) is 5.88 Å². The summed E-state index contributed by atoms with van der Waals surface area (Å²) < 4.78 is 10.0. The normalized spacial score (nSPS) is 16.4. The molecule has 2 heterocycles. The third kappa shape index (κ3) is 4.09. The van der Waals surface area contributed by atoms with E-state index in [1.807, 2.05) is 13.8 Å². The van der Waals surface area contributed by atoms with Crippen LogP contribution < -0.4 is 5.32 Å². The molecule has 2 aromatic rings. The molecule has 1 saturated heterocycles. The summed E-state index contributed by atoms with van der Waals surface area (Å²) in [6, 6.07) is 4.81. The zero-order chi connectivity index (χ0) is 21.3. The first-order valence-corrected chi connectivity index (χ1v) is 9.62. The first-order valence-electron chi connectivity index (χ1n) is 8.87. The van der Waals surface area contributed by atoms with Crippen molar-refractivity contribution in [1.82, 2.24) is 10.1 Å². The average Bonchev–Trinajstić information content (AvgIpc) is 3.25. The number of carbonyl (C=O) groups excluding carboxylic acids is 3. The Kier molecular flexibility index (Phi) is 6.14. The Labute approximate surface area is 177 Å². The number of nitrogens with one attached hydrogen (secondary N) is 1. The lowest BCUT2D eigenvalue weighted by Crippen LogP contribution is -2.33. The highest BCUT2D eigenvalue weighted by molar-refractivity contribution is 6.39. The predicted octanol–water partition coefficient (Wildman–Crippen LogP) is 3.63. The Morgan fingerprint density at radius 1 is 1.31 bits per heavy atom. The molecule has 0 aliphatic carbocycles. The van der Waals surface area contributed by atoms with Crippen LogP contribution in [0.1, 0.15) is 30.6 Å². The minimum Gasteiger partial charge on any atom is -0.465 e. The van der Waals surface area contributed by atoms with Gasteiger partial charge in [0.05, 0.1) is 23.1 Å². The monoisotopic (exact) mass is 439 g/mol. The molecule has 8 nitrogen and oxygen atoms in total. The van der Waals surface area contributed by atoms with E-state index in [-0.39, 0.29) is 57.7 Å². The van der Waals surface area contributed by atoms with Crippen molar-refractivity contribution in [2.75, 3.05) is 19.0 Å². The molecule has 10 heteroatoms. The lowest BCUT2D eigenvalue weighted by molar-refractivity contribution is -0.129. The molecule has 2 amide bonds. The van der Waals surface area contributed by atoms with Crippen LogP contribution in [0.5, 0.6) is 0 Å². The van der Waals surface area contributed by atoms with Gasteiger partial charge < -0.3 is 14.2 Å². The largest absolute Gasteiger partial charge is 0.465 e. The average molecular weight is 440 g/mol. The summed E-state index contributed by atoms with van der Waals surface area (Å²) in [4.78, 5) is 38.8. The van der Waals surface area contributed by atoms with Crippen molar-refractivity contribution < 1.29 is 23.6 Å². The maximum Gasteiger partial charge on any atom is 0.345 e. The molecule has 29 heavy (non-hydrogen) atoms. The summed E-state index contributed by atoms with van der Waals surface area (Å²) in [5.74, 6) is -2.11. The maximum absolute atomic E-state index is 12.7. The van der Waals surface area contributed by atoms with Crippen LogP contribution in [0.25, 0.3) is 11.3 Å². The minimum absolute atomic E-state index is 0.00910. The smallest absolute Gasteiger partial charge is 0.345 e. The summed E-state index contributed by atoms with van der Waals surface area (Å²) in [6.45, 7) is 4.04. The van der Waals surface area contributed by atoms with E-state index in [9.17, 15) is 14.4 Å². The van der Waals surface area contributed by atoms with E-state index in [4.69, 9.17) is 32.5 Å². The highest BCUT2D eigenvalue weighted by Gasteiger charge is 2.37.